The van der Waals surface area contributed by atoms with Gasteiger partial charge in [-0.1, -0.05) is 52.5 Å². The Morgan fingerprint density at radius 3 is 1.79 bits per heavy atom. The van der Waals surface area contributed by atoms with Crippen LogP contribution in [0.3, 0.4) is 0 Å². The highest BCUT2D eigenvalue weighted by molar-refractivity contribution is 5.12. The highest BCUT2D eigenvalue weighted by atomic mass is 16.3. The van der Waals surface area contributed by atoms with Gasteiger partial charge in [-0.05, 0) is 97.6 Å². The Kier molecular flexibility index (Phi) is 13.4. The minimum absolute atomic E-state index is 0.905. The van der Waals surface area contributed by atoms with Crippen LogP contribution >= 0.6 is 0 Å². The minimum atomic E-state index is 0.905. The van der Waals surface area contributed by atoms with Crippen LogP contribution < -0.4 is 0 Å². The summed E-state index contributed by atoms with van der Waals surface area (Å²) in [5.74, 6) is 6.08. The van der Waals surface area contributed by atoms with Gasteiger partial charge >= 0.3 is 0 Å². The average molecular weight is 393 g/mol. The summed E-state index contributed by atoms with van der Waals surface area (Å²) < 4.78 is 5.11. The molecule has 0 unspecified atom stereocenters. The van der Waals surface area contributed by atoms with Crippen molar-refractivity contribution in [2.24, 2.45) is 0 Å². The molecule has 0 spiro atoms. The predicted octanol–water partition coefficient (Wildman–Crippen LogP) is 8.75. The van der Waals surface area contributed by atoms with Crippen LogP contribution in [0.2, 0.25) is 0 Å². The Hall–Kier alpha value is -2.20. The van der Waals surface area contributed by atoms with Gasteiger partial charge in [0, 0.05) is 6.42 Å². The van der Waals surface area contributed by atoms with Gasteiger partial charge in [0.2, 0.25) is 0 Å². The van der Waals surface area contributed by atoms with Crippen LogP contribution in [0.25, 0.3) is 0 Å². The van der Waals surface area contributed by atoms with Gasteiger partial charge in [0.15, 0.2) is 0 Å². The molecular formula is C28H40O. The van der Waals surface area contributed by atoms with Crippen LogP contribution in [0.5, 0.6) is 0 Å². The van der Waals surface area contributed by atoms with Gasteiger partial charge in [-0.2, -0.15) is 0 Å². The zero-order valence-corrected chi connectivity index (χ0v) is 19.3. The smallest absolute Gasteiger partial charge is 0.0934 e. The molecule has 1 nitrogen and oxygen atoms in total. The van der Waals surface area contributed by atoms with E-state index in [0.29, 0.717) is 0 Å². The van der Waals surface area contributed by atoms with Gasteiger partial charge in [0.25, 0.3) is 0 Å². The Balaban J connectivity index is 2.20. The van der Waals surface area contributed by atoms with E-state index in [1.165, 1.54) is 34.3 Å². The van der Waals surface area contributed by atoms with Gasteiger partial charge in [-0.15, -0.1) is 5.92 Å². The summed E-state index contributed by atoms with van der Waals surface area (Å²) in [6.07, 6.45) is 23.1. The standard InChI is InChI=1S/C28H40O/c1-6-7-12-24(2)13-8-14-25(3)15-9-16-26(4)17-10-18-27(5)19-11-20-28-21-22-29-23-28/h13,15,17,19,21-23H,8-12,14,16,18,20H2,1-5H3. The van der Waals surface area contributed by atoms with E-state index in [2.05, 4.69) is 63.8 Å². The molecule has 1 aromatic rings. The van der Waals surface area contributed by atoms with Gasteiger partial charge in [0.05, 0.1) is 12.5 Å². The zero-order chi connectivity index (χ0) is 21.3. The summed E-state index contributed by atoms with van der Waals surface area (Å²) in [7, 11) is 0. The number of hydrogen-bond acceptors (Lipinski definition) is 1. The number of furan rings is 1. The first-order valence-electron chi connectivity index (χ1n) is 11.0. The molecule has 1 heteroatoms. The largest absolute Gasteiger partial charge is 0.472 e. The molecular weight excluding hydrogens is 352 g/mol. The van der Waals surface area contributed by atoms with Crippen molar-refractivity contribution >= 4 is 0 Å². The van der Waals surface area contributed by atoms with Crippen LogP contribution in [-0.2, 0) is 6.42 Å². The molecule has 1 rings (SSSR count). The molecule has 0 N–H and O–H groups in total. The van der Waals surface area contributed by atoms with Crippen LogP contribution in [0, 0.1) is 11.8 Å². The summed E-state index contributed by atoms with van der Waals surface area (Å²) in [6, 6.07) is 2.05. The fourth-order valence-electron chi connectivity index (χ4n) is 3.17. The molecule has 0 radical (unpaired) electrons. The van der Waals surface area contributed by atoms with Crippen LogP contribution in [0.15, 0.2) is 69.6 Å². The summed E-state index contributed by atoms with van der Waals surface area (Å²) in [5, 5.41) is 0. The highest BCUT2D eigenvalue weighted by Crippen LogP contribution is 2.14. The second kappa shape index (κ2) is 15.7. The molecule has 0 aliphatic carbocycles. The van der Waals surface area contributed by atoms with Crippen LogP contribution in [-0.4, -0.2) is 0 Å². The molecule has 158 valence electrons. The maximum absolute atomic E-state index is 5.11. The van der Waals surface area contributed by atoms with E-state index in [1.807, 2.05) is 19.3 Å². The molecule has 29 heavy (non-hydrogen) atoms. The normalized spacial score (nSPS) is 13.4. The number of allylic oxidation sites excluding steroid dienone is 8. The van der Waals surface area contributed by atoms with Crippen molar-refractivity contribution in [2.75, 3.05) is 0 Å². The molecule has 0 saturated heterocycles. The Morgan fingerprint density at radius 2 is 1.31 bits per heavy atom. The molecule has 1 heterocycles. The number of rotatable bonds is 13. The fraction of sp³-hybridized carbons (Fsp3) is 0.500. The fourth-order valence-corrected chi connectivity index (χ4v) is 3.17. The lowest BCUT2D eigenvalue weighted by Crippen LogP contribution is -1.83. The minimum Gasteiger partial charge on any atom is -0.472 e. The van der Waals surface area contributed by atoms with Gasteiger partial charge in [-0.3, -0.25) is 0 Å². The predicted molar refractivity (Wildman–Crippen MR) is 128 cm³/mol. The van der Waals surface area contributed by atoms with Crippen molar-refractivity contribution in [3.8, 4) is 11.8 Å². The van der Waals surface area contributed by atoms with Crippen molar-refractivity contribution in [1.29, 1.82) is 0 Å². The molecule has 0 fully saturated rings. The second-order valence-electron chi connectivity index (χ2n) is 8.09. The third-order valence-electron chi connectivity index (χ3n) is 5.14. The van der Waals surface area contributed by atoms with Crippen molar-refractivity contribution < 1.29 is 4.42 Å². The molecule has 1 aromatic heterocycles. The summed E-state index contributed by atoms with van der Waals surface area (Å²) in [4.78, 5) is 0. The summed E-state index contributed by atoms with van der Waals surface area (Å²) in [5.41, 5.74) is 7.16. The third kappa shape index (κ3) is 13.6. The lowest BCUT2D eigenvalue weighted by Gasteiger charge is -2.03. The molecule has 0 aromatic carbocycles. The van der Waals surface area contributed by atoms with Crippen LogP contribution in [0.4, 0.5) is 0 Å². The van der Waals surface area contributed by atoms with E-state index >= 15 is 0 Å². The molecule has 0 atom stereocenters. The molecule has 0 saturated carbocycles. The Bertz CT molecular complexity index is 742. The monoisotopic (exact) mass is 392 g/mol. The summed E-state index contributed by atoms with van der Waals surface area (Å²) >= 11 is 0. The van der Waals surface area contributed by atoms with E-state index in [4.69, 9.17) is 4.42 Å². The SMILES string of the molecule is CC#CCC(C)=CCCC(C)=CCCC(C)=CCCC(C)=CCCc1ccoc1. The van der Waals surface area contributed by atoms with E-state index < -0.39 is 0 Å². The van der Waals surface area contributed by atoms with E-state index in [9.17, 15) is 0 Å². The lowest BCUT2D eigenvalue weighted by molar-refractivity contribution is 0.564. The molecule has 0 aliphatic heterocycles. The van der Waals surface area contributed by atoms with Gasteiger partial charge in [-0.25, -0.2) is 0 Å². The number of aryl methyl sites for hydroxylation is 1. The second-order valence-corrected chi connectivity index (χ2v) is 8.09. The van der Waals surface area contributed by atoms with Crippen molar-refractivity contribution in [2.45, 2.75) is 92.4 Å². The maximum atomic E-state index is 5.11. The number of hydrogen-bond donors (Lipinski definition) is 0. The van der Waals surface area contributed by atoms with Gasteiger partial charge in [0.1, 0.15) is 0 Å². The van der Waals surface area contributed by atoms with E-state index in [0.717, 1.165) is 51.4 Å². The Morgan fingerprint density at radius 1 is 0.793 bits per heavy atom. The van der Waals surface area contributed by atoms with Crippen molar-refractivity contribution in [1.82, 2.24) is 0 Å². The highest BCUT2D eigenvalue weighted by Gasteiger charge is 1.95. The quantitative estimate of drug-likeness (QED) is 0.241. The van der Waals surface area contributed by atoms with Crippen molar-refractivity contribution in [3.05, 3.63) is 70.8 Å². The molecule has 0 bridgehead atoms. The first-order chi connectivity index (χ1) is 14.0. The Labute approximate surface area is 179 Å². The van der Waals surface area contributed by atoms with Gasteiger partial charge < -0.3 is 4.42 Å². The summed E-state index contributed by atoms with van der Waals surface area (Å²) in [6.45, 7) is 10.8. The molecule has 0 amide bonds. The van der Waals surface area contributed by atoms with Crippen LogP contribution in [0.1, 0.15) is 91.5 Å². The zero-order valence-electron chi connectivity index (χ0n) is 19.3. The first kappa shape index (κ1) is 24.8. The maximum Gasteiger partial charge on any atom is 0.0934 e. The van der Waals surface area contributed by atoms with E-state index in [1.54, 1.807) is 6.26 Å². The molecule has 0 aliphatic rings. The topological polar surface area (TPSA) is 13.1 Å². The third-order valence-corrected chi connectivity index (χ3v) is 5.14. The first-order valence-corrected chi connectivity index (χ1v) is 11.0. The van der Waals surface area contributed by atoms with Crippen molar-refractivity contribution in [3.63, 3.8) is 0 Å². The van der Waals surface area contributed by atoms with E-state index in [-0.39, 0.29) is 0 Å². The average Bonchev–Trinajstić information content (AvgIpc) is 3.20. The lowest BCUT2D eigenvalue weighted by atomic mass is 10.0.